The van der Waals surface area contributed by atoms with Crippen molar-refractivity contribution in [2.75, 3.05) is 5.73 Å². The third-order valence-corrected chi connectivity index (χ3v) is 3.16. The van der Waals surface area contributed by atoms with E-state index < -0.39 is 0 Å². The molecule has 2 N–H and O–H groups in total. The number of nitrogens with two attached hydrogens (primary N) is 1. The molecule has 3 heteroatoms. The fourth-order valence-corrected chi connectivity index (χ4v) is 2.20. The van der Waals surface area contributed by atoms with E-state index in [9.17, 15) is 0 Å². The fourth-order valence-electron chi connectivity index (χ4n) is 2.20. The van der Waals surface area contributed by atoms with Crippen LogP contribution in [0.25, 0.3) is 11.1 Å². The molecule has 0 saturated carbocycles. The lowest BCUT2D eigenvalue weighted by molar-refractivity contribution is 0.868. The molecule has 3 nitrogen and oxygen atoms in total. The minimum atomic E-state index is 0.371. The molecule has 0 saturated heterocycles. The average Bonchev–Trinajstić information content (AvgIpc) is 2.40. The van der Waals surface area contributed by atoms with E-state index in [0.717, 1.165) is 22.4 Å². The molecule has 0 fully saturated rings. The maximum atomic E-state index is 8.93. The molecule has 0 amide bonds. The van der Waals surface area contributed by atoms with Crippen molar-refractivity contribution in [3.63, 3.8) is 0 Å². The third kappa shape index (κ3) is 2.58. The van der Waals surface area contributed by atoms with E-state index in [-0.39, 0.29) is 0 Å². The van der Waals surface area contributed by atoms with Crippen molar-refractivity contribution >= 4 is 5.69 Å². The SMILES string of the molecule is Cc1cc(-c2ccnc(C#N)c2)c(N)c(C(C)C)c1. The minimum absolute atomic E-state index is 0.371. The molecule has 0 spiro atoms. The summed E-state index contributed by atoms with van der Waals surface area (Å²) < 4.78 is 0. The molecule has 2 aromatic rings. The van der Waals surface area contributed by atoms with Crippen molar-refractivity contribution in [1.82, 2.24) is 4.98 Å². The van der Waals surface area contributed by atoms with Gasteiger partial charge < -0.3 is 5.73 Å². The molecule has 19 heavy (non-hydrogen) atoms. The summed E-state index contributed by atoms with van der Waals surface area (Å²) in [4.78, 5) is 3.99. The van der Waals surface area contributed by atoms with Crippen LogP contribution in [-0.4, -0.2) is 4.98 Å². The number of nitriles is 1. The molecule has 1 aromatic carbocycles. The first-order valence-corrected chi connectivity index (χ1v) is 6.29. The fraction of sp³-hybridized carbons (Fsp3) is 0.250. The molecule has 0 radical (unpaired) electrons. The summed E-state index contributed by atoms with van der Waals surface area (Å²) in [6, 6.07) is 9.89. The van der Waals surface area contributed by atoms with E-state index in [1.807, 2.05) is 6.07 Å². The number of aryl methyl sites for hydroxylation is 1. The Labute approximate surface area is 113 Å². The van der Waals surface area contributed by atoms with E-state index in [4.69, 9.17) is 11.0 Å². The van der Waals surface area contributed by atoms with E-state index in [1.54, 1.807) is 12.3 Å². The number of hydrogen-bond donors (Lipinski definition) is 1. The highest BCUT2D eigenvalue weighted by molar-refractivity contribution is 5.80. The van der Waals surface area contributed by atoms with E-state index in [2.05, 4.69) is 44.0 Å². The Morgan fingerprint density at radius 3 is 2.63 bits per heavy atom. The van der Waals surface area contributed by atoms with Crippen molar-refractivity contribution in [2.45, 2.75) is 26.7 Å². The Morgan fingerprint density at radius 2 is 2.00 bits per heavy atom. The molecular formula is C16H17N3. The molecule has 96 valence electrons. The van der Waals surface area contributed by atoms with E-state index >= 15 is 0 Å². The van der Waals surface area contributed by atoms with Gasteiger partial charge >= 0.3 is 0 Å². The van der Waals surface area contributed by atoms with Crippen LogP contribution in [-0.2, 0) is 0 Å². The summed E-state index contributed by atoms with van der Waals surface area (Å²) >= 11 is 0. The highest BCUT2D eigenvalue weighted by Crippen LogP contribution is 2.33. The number of rotatable bonds is 2. The highest BCUT2D eigenvalue weighted by Gasteiger charge is 2.11. The van der Waals surface area contributed by atoms with Crippen molar-refractivity contribution in [3.8, 4) is 17.2 Å². The van der Waals surface area contributed by atoms with Gasteiger partial charge in [-0.3, -0.25) is 0 Å². The number of pyridine rings is 1. The van der Waals surface area contributed by atoms with Crippen molar-refractivity contribution < 1.29 is 0 Å². The van der Waals surface area contributed by atoms with Gasteiger partial charge in [-0.05, 0) is 42.2 Å². The summed E-state index contributed by atoms with van der Waals surface area (Å²) in [7, 11) is 0. The summed E-state index contributed by atoms with van der Waals surface area (Å²) in [6.45, 7) is 6.31. The monoisotopic (exact) mass is 251 g/mol. The van der Waals surface area contributed by atoms with Gasteiger partial charge in [0.1, 0.15) is 11.8 Å². The van der Waals surface area contributed by atoms with Gasteiger partial charge in [0.2, 0.25) is 0 Å². The Hall–Kier alpha value is -2.34. The van der Waals surface area contributed by atoms with Crippen LogP contribution >= 0.6 is 0 Å². The van der Waals surface area contributed by atoms with Gasteiger partial charge in [-0.2, -0.15) is 5.26 Å². The molecule has 1 heterocycles. The molecule has 2 rings (SSSR count). The normalized spacial score (nSPS) is 10.5. The van der Waals surface area contributed by atoms with Gasteiger partial charge in [0.05, 0.1) is 0 Å². The standard InChI is InChI=1S/C16H17N3/c1-10(2)14-6-11(3)7-15(16(14)18)12-4-5-19-13(8-12)9-17/h4-8,10H,18H2,1-3H3. The van der Waals surface area contributed by atoms with Crippen LogP contribution in [0.1, 0.15) is 36.6 Å². The number of nitrogens with zero attached hydrogens (tertiary/aromatic N) is 2. The lowest BCUT2D eigenvalue weighted by Crippen LogP contribution is -2.00. The highest BCUT2D eigenvalue weighted by atomic mass is 14.7. The maximum absolute atomic E-state index is 8.93. The second-order valence-electron chi connectivity index (χ2n) is 5.01. The molecular weight excluding hydrogens is 234 g/mol. The zero-order chi connectivity index (χ0) is 14.0. The molecule has 0 bridgehead atoms. The zero-order valence-electron chi connectivity index (χ0n) is 11.4. The summed E-state index contributed by atoms with van der Waals surface area (Å²) in [5.74, 6) is 0.371. The van der Waals surface area contributed by atoms with Crippen LogP contribution in [0.5, 0.6) is 0 Å². The molecule has 1 aromatic heterocycles. The number of anilines is 1. The smallest absolute Gasteiger partial charge is 0.141 e. The summed E-state index contributed by atoms with van der Waals surface area (Å²) in [5, 5.41) is 8.93. The Balaban J connectivity index is 2.65. The lowest BCUT2D eigenvalue weighted by atomic mass is 9.92. The third-order valence-electron chi connectivity index (χ3n) is 3.16. The van der Waals surface area contributed by atoms with Gasteiger partial charge in [0.25, 0.3) is 0 Å². The predicted octanol–water partition coefficient (Wildman–Crippen LogP) is 3.63. The van der Waals surface area contributed by atoms with Gasteiger partial charge in [-0.25, -0.2) is 4.98 Å². The summed E-state index contributed by atoms with van der Waals surface area (Å²) in [6.07, 6.45) is 1.64. The van der Waals surface area contributed by atoms with Gasteiger partial charge in [0, 0.05) is 17.4 Å². The number of benzene rings is 1. The summed E-state index contributed by atoms with van der Waals surface area (Å²) in [5.41, 5.74) is 11.7. The quantitative estimate of drug-likeness (QED) is 0.829. The second kappa shape index (κ2) is 5.11. The molecule has 0 aliphatic heterocycles. The van der Waals surface area contributed by atoms with Crippen molar-refractivity contribution in [1.29, 1.82) is 5.26 Å². The zero-order valence-corrected chi connectivity index (χ0v) is 11.4. The van der Waals surface area contributed by atoms with Gasteiger partial charge in [-0.15, -0.1) is 0 Å². The van der Waals surface area contributed by atoms with E-state index in [0.29, 0.717) is 11.6 Å². The Bertz CT molecular complexity index is 652. The van der Waals surface area contributed by atoms with Crippen LogP contribution in [0.2, 0.25) is 0 Å². The lowest BCUT2D eigenvalue weighted by Gasteiger charge is -2.15. The predicted molar refractivity (Wildman–Crippen MR) is 77.6 cm³/mol. The molecule has 0 atom stereocenters. The Kier molecular flexibility index (Phi) is 3.52. The molecule has 0 aliphatic rings. The Morgan fingerprint density at radius 1 is 1.26 bits per heavy atom. The number of aromatic nitrogens is 1. The topological polar surface area (TPSA) is 62.7 Å². The first-order chi connectivity index (χ1) is 9.02. The molecule has 0 unspecified atom stereocenters. The first kappa shape index (κ1) is 13.1. The largest absolute Gasteiger partial charge is 0.398 e. The van der Waals surface area contributed by atoms with E-state index in [1.165, 1.54) is 5.56 Å². The number of hydrogen-bond acceptors (Lipinski definition) is 3. The van der Waals surface area contributed by atoms with Crippen LogP contribution in [0.15, 0.2) is 30.5 Å². The van der Waals surface area contributed by atoms with Crippen molar-refractivity contribution in [2.24, 2.45) is 0 Å². The van der Waals surface area contributed by atoms with Gasteiger partial charge in [-0.1, -0.05) is 25.5 Å². The second-order valence-corrected chi connectivity index (χ2v) is 5.01. The minimum Gasteiger partial charge on any atom is -0.398 e. The van der Waals surface area contributed by atoms with Crippen LogP contribution in [0.4, 0.5) is 5.69 Å². The van der Waals surface area contributed by atoms with Crippen LogP contribution < -0.4 is 5.73 Å². The average molecular weight is 251 g/mol. The van der Waals surface area contributed by atoms with Crippen LogP contribution in [0, 0.1) is 18.3 Å². The first-order valence-electron chi connectivity index (χ1n) is 6.29. The van der Waals surface area contributed by atoms with Gasteiger partial charge in [0.15, 0.2) is 0 Å². The molecule has 0 aliphatic carbocycles. The van der Waals surface area contributed by atoms with Crippen LogP contribution in [0.3, 0.4) is 0 Å². The van der Waals surface area contributed by atoms with Crippen molar-refractivity contribution in [3.05, 3.63) is 47.3 Å². The number of nitrogen functional groups attached to an aromatic ring is 1. The maximum Gasteiger partial charge on any atom is 0.141 e.